The summed E-state index contributed by atoms with van der Waals surface area (Å²) in [5, 5.41) is 0. The van der Waals surface area contributed by atoms with Crippen LogP contribution < -0.4 is 9.47 Å². The van der Waals surface area contributed by atoms with E-state index in [1.807, 2.05) is 30.3 Å². The Morgan fingerprint density at radius 2 is 1.84 bits per heavy atom. The van der Waals surface area contributed by atoms with Crippen LogP contribution in [0.5, 0.6) is 11.6 Å². The Balaban J connectivity index is 0.987. The predicted molar refractivity (Wildman–Crippen MR) is 162 cm³/mol. The maximum Gasteiger partial charge on any atom is 0.298 e. The van der Waals surface area contributed by atoms with Crippen molar-refractivity contribution in [3.63, 3.8) is 0 Å². The van der Waals surface area contributed by atoms with Crippen LogP contribution in [-0.2, 0) is 34.0 Å². The molecule has 3 saturated heterocycles. The molecule has 1 atom stereocenters. The second-order valence-corrected chi connectivity index (χ2v) is 12.0. The Morgan fingerprint density at radius 3 is 2.56 bits per heavy atom. The Morgan fingerprint density at radius 1 is 1.00 bits per heavy atom. The number of likely N-dealkylation sites (tertiary alicyclic amines) is 1. The highest BCUT2D eigenvalue weighted by Gasteiger charge is 2.27. The lowest BCUT2D eigenvalue weighted by Crippen LogP contribution is -2.35. The molecule has 0 radical (unpaired) electrons. The Labute approximate surface area is 260 Å². The van der Waals surface area contributed by atoms with Gasteiger partial charge in [0, 0.05) is 41.8 Å². The second-order valence-electron chi connectivity index (χ2n) is 12.0. The average Bonchev–Trinajstić information content (AvgIpc) is 3.33. The highest BCUT2D eigenvalue weighted by molar-refractivity contribution is 5.78. The minimum absolute atomic E-state index is 0.00593. The van der Waals surface area contributed by atoms with Crippen molar-refractivity contribution in [2.75, 3.05) is 32.9 Å². The van der Waals surface area contributed by atoms with Crippen molar-refractivity contribution < 1.29 is 32.5 Å². The van der Waals surface area contributed by atoms with Gasteiger partial charge in [0.15, 0.2) is 0 Å². The number of ether oxygens (including phenoxy) is 4. The van der Waals surface area contributed by atoms with Crippen LogP contribution in [0.4, 0.5) is 8.78 Å². The number of carbonyl (C=O) groups is 1. The summed E-state index contributed by atoms with van der Waals surface area (Å²) in [7, 11) is 0. The molecule has 9 nitrogen and oxygen atoms in total. The van der Waals surface area contributed by atoms with E-state index in [0.717, 1.165) is 67.1 Å². The van der Waals surface area contributed by atoms with Gasteiger partial charge in [-0.1, -0.05) is 18.2 Å². The Bertz CT molecular complexity index is 1650. The van der Waals surface area contributed by atoms with Gasteiger partial charge in [-0.05, 0) is 67.7 Å². The number of benzene rings is 2. The van der Waals surface area contributed by atoms with Crippen LogP contribution in [0, 0.1) is 0 Å². The molecule has 0 saturated carbocycles. The van der Waals surface area contributed by atoms with E-state index in [1.165, 1.54) is 0 Å². The van der Waals surface area contributed by atoms with Crippen molar-refractivity contribution in [2.24, 2.45) is 0 Å². The summed E-state index contributed by atoms with van der Waals surface area (Å²) in [6.45, 7) is 5.58. The molecule has 0 bridgehead atoms. The van der Waals surface area contributed by atoms with E-state index in [4.69, 9.17) is 28.9 Å². The summed E-state index contributed by atoms with van der Waals surface area (Å²) >= 11 is 0. The van der Waals surface area contributed by atoms with E-state index in [0.29, 0.717) is 50.0 Å². The zero-order chi connectivity index (χ0) is 30.8. The number of alkyl halides is 2. The predicted octanol–water partition coefficient (Wildman–Crippen LogP) is 5.77. The zero-order valence-corrected chi connectivity index (χ0v) is 24.9. The maximum atomic E-state index is 13.9. The third kappa shape index (κ3) is 6.56. The lowest BCUT2D eigenvalue weighted by atomic mass is 9.93. The molecule has 4 aromatic rings. The van der Waals surface area contributed by atoms with Crippen LogP contribution in [0.3, 0.4) is 0 Å². The highest BCUT2D eigenvalue weighted by atomic mass is 19.3. The molecular weight excluding hydrogens is 582 g/mol. The number of halogens is 2. The molecule has 0 N–H and O–H groups in total. The summed E-state index contributed by atoms with van der Waals surface area (Å²) in [5.74, 6) is 2.36. The van der Waals surface area contributed by atoms with E-state index in [1.54, 1.807) is 24.3 Å². The fourth-order valence-corrected chi connectivity index (χ4v) is 6.35. The molecule has 2 aromatic heterocycles. The second kappa shape index (κ2) is 13.2. The number of hydrogen-bond donors (Lipinski definition) is 0. The van der Waals surface area contributed by atoms with Crippen molar-refractivity contribution in [1.29, 1.82) is 0 Å². The molecule has 7 rings (SSSR count). The Kier molecular flexibility index (Phi) is 8.73. The number of hydrogen-bond acceptors (Lipinski definition) is 8. The number of carbonyl (C=O) groups excluding carboxylic acids is 1. The van der Waals surface area contributed by atoms with Gasteiger partial charge in [-0.25, -0.2) is 18.7 Å². The fourth-order valence-electron chi connectivity index (χ4n) is 6.35. The molecule has 5 heterocycles. The Hall–Kier alpha value is -3.93. The molecule has 45 heavy (non-hydrogen) atoms. The molecule has 0 amide bonds. The van der Waals surface area contributed by atoms with Gasteiger partial charge < -0.3 is 23.5 Å². The van der Waals surface area contributed by atoms with Gasteiger partial charge in [0.25, 0.3) is 12.9 Å². The summed E-state index contributed by atoms with van der Waals surface area (Å²) in [6, 6.07) is 16.4. The quantitative estimate of drug-likeness (QED) is 0.185. The first-order valence-corrected chi connectivity index (χ1v) is 15.6. The van der Waals surface area contributed by atoms with Crippen molar-refractivity contribution >= 4 is 17.5 Å². The van der Waals surface area contributed by atoms with Crippen molar-refractivity contribution in [3.8, 4) is 11.6 Å². The van der Waals surface area contributed by atoms with Gasteiger partial charge in [0.1, 0.15) is 18.2 Å². The number of rotatable bonds is 12. The number of imidazole rings is 1. The third-order valence-corrected chi connectivity index (χ3v) is 9.17. The standard InChI is InChI=1S/C34H36F2N4O5/c35-34(36)28-14-23(25-18-42-19-25)4-5-24(28)20-44-33-3-1-2-29(38-33)22-8-11-39(12-9-22)17-32-37-30-7-6-26(45-21-41)15-31(30)40(32)16-27-10-13-43-27/h1-7,14-15,21-22,25,27,34H,8-13,16-20H2/t27-/m0/s1. The van der Waals surface area contributed by atoms with E-state index >= 15 is 0 Å². The summed E-state index contributed by atoms with van der Waals surface area (Å²) in [6.07, 6.45) is 0.460. The van der Waals surface area contributed by atoms with Gasteiger partial charge in [0.05, 0.1) is 43.4 Å². The van der Waals surface area contributed by atoms with Gasteiger partial charge in [-0.2, -0.15) is 0 Å². The molecule has 3 aliphatic rings. The van der Waals surface area contributed by atoms with Crippen LogP contribution in [0.25, 0.3) is 11.0 Å². The van der Waals surface area contributed by atoms with Crippen LogP contribution >= 0.6 is 0 Å². The molecule has 2 aromatic carbocycles. The number of piperidine rings is 1. The van der Waals surface area contributed by atoms with Crippen molar-refractivity contribution in [3.05, 3.63) is 82.8 Å². The summed E-state index contributed by atoms with van der Waals surface area (Å²) < 4.78 is 51.9. The largest absolute Gasteiger partial charge is 0.473 e. The summed E-state index contributed by atoms with van der Waals surface area (Å²) in [4.78, 5) is 23.0. The van der Waals surface area contributed by atoms with Gasteiger partial charge >= 0.3 is 0 Å². The molecule has 3 aliphatic heterocycles. The van der Waals surface area contributed by atoms with Crippen molar-refractivity contribution in [1.82, 2.24) is 19.4 Å². The van der Waals surface area contributed by atoms with E-state index in [9.17, 15) is 13.6 Å². The number of pyridine rings is 1. The van der Waals surface area contributed by atoms with E-state index in [-0.39, 0.29) is 30.1 Å². The van der Waals surface area contributed by atoms with Gasteiger partial charge in [-0.15, -0.1) is 0 Å². The molecule has 0 unspecified atom stereocenters. The normalized spacial score (nSPS) is 19.4. The number of nitrogens with zero attached hydrogens (tertiary/aromatic N) is 4. The van der Waals surface area contributed by atoms with Gasteiger partial charge in [0.2, 0.25) is 5.88 Å². The van der Waals surface area contributed by atoms with Gasteiger partial charge in [-0.3, -0.25) is 9.69 Å². The van der Waals surface area contributed by atoms with E-state index < -0.39 is 6.43 Å². The molecule has 0 aliphatic carbocycles. The van der Waals surface area contributed by atoms with E-state index in [2.05, 4.69) is 9.47 Å². The first-order valence-electron chi connectivity index (χ1n) is 15.6. The lowest BCUT2D eigenvalue weighted by Gasteiger charge is -2.32. The topological polar surface area (TPSA) is 87.9 Å². The third-order valence-electron chi connectivity index (χ3n) is 9.17. The average molecular weight is 619 g/mol. The molecule has 3 fully saturated rings. The van der Waals surface area contributed by atoms with Crippen LogP contribution in [-0.4, -0.2) is 64.9 Å². The molecule has 0 spiro atoms. The molecule has 236 valence electrons. The minimum Gasteiger partial charge on any atom is -0.473 e. The smallest absolute Gasteiger partial charge is 0.298 e. The van der Waals surface area contributed by atoms with Crippen LogP contribution in [0.1, 0.15) is 65.7 Å². The van der Waals surface area contributed by atoms with Crippen molar-refractivity contribution in [2.45, 2.75) is 63.3 Å². The van der Waals surface area contributed by atoms with Crippen LogP contribution in [0.2, 0.25) is 0 Å². The highest BCUT2D eigenvalue weighted by Crippen LogP contribution is 2.33. The number of fused-ring (bicyclic) bond motifs is 1. The lowest BCUT2D eigenvalue weighted by molar-refractivity contribution is -0.120. The molecular formula is C34H36F2N4O5. The van der Waals surface area contributed by atoms with Crippen LogP contribution in [0.15, 0.2) is 54.6 Å². The summed E-state index contributed by atoms with van der Waals surface area (Å²) in [5.41, 5.74) is 4.11. The maximum absolute atomic E-state index is 13.9. The first-order chi connectivity index (χ1) is 22.0. The minimum atomic E-state index is -2.58. The molecule has 11 heteroatoms. The number of aromatic nitrogens is 3. The first kappa shape index (κ1) is 29.8. The SMILES string of the molecule is O=COc1ccc2nc(CN3CCC(c4cccc(OCc5ccc(C6COC6)cc5C(F)F)n4)CC3)n(C[C@@H]3CCO3)c2c1. The fraction of sp³-hybridized carbons (Fsp3) is 0.441. The monoisotopic (exact) mass is 618 g/mol. The zero-order valence-electron chi connectivity index (χ0n) is 24.9.